The highest BCUT2D eigenvalue weighted by Gasteiger charge is 2.21. The maximum atomic E-state index is 12.8. The second-order valence-electron chi connectivity index (χ2n) is 5.13. The number of hydrogen-bond donors (Lipinski definition) is 0. The van der Waals surface area contributed by atoms with Gasteiger partial charge in [0.15, 0.2) is 11.5 Å². The first-order valence-corrected chi connectivity index (χ1v) is 7.38. The lowest BCUT2D eigenvalue weighted by Crippen LogP contribution is -2.16. The molecular formula is C17H22N2O4. The molecule has 124 valence electrons. The Labute approximate surface area is 136 Å². The van der Waals surface area contributed by atoms with Gasteiger partial charge in [0, 0.05) is 11.3 Å². The van der Waals surface area contributed by atoms with Crippen LogP contribution in [0.3, 0.4) is 0 Å². The molecule has 0 amide bonds. The summed E-state index contributed by atoms with van der Waals surface area (Å²) in [5.74, 6) is 1.10. The van der Waals surface area contributed by atoms with Gasteiger partial charge in [-0.3, -0.25) is 4.79 Å². The van der Waals surface area contributed by atoms with Gasteiger partial charge in [0.25, 0.3) is 5.91 Å². The molecule has 1 aromatic heterocycles. The number of methoxy groups -OCH3 is 3. The van der Waals surface area contributed by atoms with Crippen LogP contribution in [0.2, 0.25) is 0 Å². The van der Waals surface area contributed by atoms with Crippen molar-refractivity contribution in [3.63, 3.8) is 0 Å². The summed E-state index contributed by atoms with van der Waals surface area (Å²) in [5, 5.41) is 4.37. The van der Waals surface area contributed by atoms with Crippen LogP contribution in [-0.4, -0.2) is 37.0 Å². The fourth-order valence-electron chi connectivity index (χ4n) is 2.71. The molecule has 0 radical (unpaired) electrons. The summed E-state index contributed by atoms with van der Waals surface area (Å²) in [6, 6.07) is 3.26. The van der Waals surface area contributed by atoms with E-state index in [2.05, 4.69) is 5.10 Å². The molecule has 2 aromatic rings. The minimum absolute atomic E-state index is 0.232. The zero-order chi connectivity index (χ0) is 17.1. The van der Waals surface area contributed by atoms with Crippen LogP contribution in [0.25, 0.3) is 0 Å². The van der Waals surface area contributed by atoms with Crippen molar-refractivity contribution in [3.8, 4) is 17.2 Å². The number of ether oxygens (including phenoxy) is 3. The zero-order valence-electron chi connectivity index (χ0n) is 14.4. The summed E-state index contributed by atoms with van der Waals surface area (Å²) < 4.78 is 17.3. The summed E-state index contributed by atoms with van der Waals surface area (Å²) in [7, 11) is 4.56. The van der Waals surface area contributed by atoms with Crippen molar-refractivity contribution in [2.75, 3.05) is 21.3 Å². The van der Waals surface area contributed by atoms with Gasteiger partial charge in [-0.05, 0) is 38.0 Å². The average molecular weight is 318 g/mol. The Morgan fingerprint density at radius 3 is 2.04 bits per heavy atom. The van der Waals surface area contributed by atoms with E-state index in [-0.39, 0.29) is 5.91 Å². The van der Waals surface area contributed by atoms with E-state index in [1.165, 1.54) is 26.0 Å². The lowest BCUT2D eigenvalue weighted by molar-refractivity contribution is 0.0941. The van der Waals surface area contributed by atoms with Gasteiger partial charge >= 0.3 is 0 Å². The van der Waals surface area contributed by atoms with Crippen LogP contribution in [0.15, 0.2) is 12.1 Å². The second kappa shape index (κ2) is 6.73. The monoisotopic (exact) mass is 318 g/mol. The Bertz CT molecular complexity index is 709. The van der Waals surface area contributed by atoms with Gasteiger partial charge in [-0.25, -0.2) is 4.68 Å². The van der Waals surface area contributed by atoms with E-state index >= 15 is 0 Å². The number of aryl methyl sites for hydroxylation is 1. The normalized spacial score (nSPS) is 10.5. The van der Waals surface area contributed by atoms with E-state index in [0.29, 0.717) is 22.8 Å². The van der Waals surface area contributed by atoms with Crippen LogP contribution >= 0.6 is 0 Å². The molecule has 1 aromatic carbocycles. The molecule has 0 N–H and O–H groups in total. The Morgan fingerprint density at radius 1 is 1.09 bits per heavy atom. The first kappa shape index (κ1) is 16.9. The Morgan fingerprint density at radius 2 is 1.65 bits per heavy atom. The zero-order valence-corrected chi connectivity index (χ0v) is 14.4. The molecule has 0 saturated carbocycles. The molecule has 0 aliphatic rings. The Hall–Kier alpha value is -2.50. The van der Waals surface area contributed by atoms with Crippen molar-refractivity contribution in [3.05, 3.63) is 34.6 Å². The highest BCUT2D eigenvalue weighted by atomic mass is 16.5. The minimum atomic E-state index is -0.232. The molecule has 2 rings (SSSR count). The number of benzene rings is 1. The number of nitrogens with zero attached hydrogens (tertiary/aromatic N) is 2. The van der Waals surface area contributed by atoms with Gasteiger partial charge in [-0.15, -0.1) is 0 Å². The highest BCUT2D eigenvalue weighted by Crippen LogP contribution is 2.38. The van der Waals surface area contributed by atoms with Crippen LogP contribution in [-0.2, 0) is 6.42 Å². The summed E-state index contributed by atoms with van der Waals surface area (Å²) in [6.45, 7) is 5.85. The second-order valence-corrected chi connectivity index (χ2v) is 5.13. The highest BCUT2D eigenvalue weighted by molar-refractivity contribution is 5.97. The number of carbonyl (C=O) groups is 1. The molecule has 0 aliphatic heterocycles. The molecule has 1 heterocycles. The molecule has 0 bridgehead atoms. The molecule has 23 heavy (non-hydrogen) atoms. The summed E-state index contributed by atoms with van der Waals surface area (Å²) in [6.07, 6.45) is 0.834. The third-order valence-electron chi connectivity index (χ3n) is 3.90. The van der Waals surface area contributed by atoms with Crippen molar-refractivity contribution in [1.29, 1.82) is 0 Å². The van der Waals surface area contributed by atoms with Gasteiger partial charge in [0.1, 0.15) is 0 Å². The summed E-state index contributed by atoms with van der Waals surface area (Å²) in [4.78, 5) is 12.8. The van der Waals surface area contributed by atoms with Crippen molar-refractivity contribution in [2.45, 2.75) is 27.2 Å². The molecule has 0 fully saturated rings. The van der Waals surface area contributed by atoms with E-state index in [4.69, 9.17) is 14.2 Å². The van der Waals surface area contributed by atoms with Gasteiger partial charge in [0.05, 0.1) is 27.0 Å². The number of hydrogen-bond acceptors (Lipinski definition) is 5. The molecule has 0 aliphatic carbocycles. The Balaban J connectivity index is 2.56. The van der Waals surface area contributed by atoms with Gasteiger partial charge in [0.2, 0.25) is 5.75 Å². The SMILES string of the molecule is CCc1c(C)nn(C(=O)c2cc(OC)c(OC)c(OC)c2)c1C. The van der Waals surface area contributed by atoms with Crippen molar-refractivity contribution in [2.24, 2.45) is 0 Å². The van der Waals surface area contributed by atoms with Gasteiger partial charge in [-0.2, -0.15) is 5.10 Å². The summed E-state index contributed by atoms with van der Waals surface area (Å²) in [5.41, 5.74) is 3.23. The van der Waals surface area contributed by atoms with E-state index in [0.717, 1.165) is 23.4 Å². The standard InChI is InChI=1S/C17H22N2O4/c1-7-13-10(2)18-19(11(13)3)17(20)12-8-14(21-4)16(23-6)15(9-12)22-5/h8-9H,7H2,1-6H3. The molecule has 0 atom stereocenters. The lowest BCUT2D eigenvalue weighted by atomic mass is 10.1. The van der Waals surface area contributed by atoms with Gasteiger partial charge in [-0.1, -0.05) is 6.92 Å². The van der Waals surface area contributed by atoms with Crippen LogP contribution in [0.1, 0.15) is 34.2 Å². The minimum Gasteiger partial charge on any atom is -0.493 e. The van der Waals surface area contributed by atoms with E-state index < -0.39 is 0 Å². The average Bonchev–Trinajstić information content (AvgIpc) is 2.86. The number of rotatable bonds is 5. The molecule has 0 unspecified atom stereocenters. The summed E-state index contributed by atoms with van der Waals surface area (Å²) >= 11 is 0. The lowest BCUT2D eigenvalue weighted by Gasteiger charge is -2.14. The maximum Gasteiger partial charge on any atom is 0.278 e. The van der Waals surface area contributed by atoms with Crippen molar-refractivity contribution in [1.82, 2.24) is 9.78 Å². The smallest absolute Gasteiger partial charge is 0.278 e. The first-order chi connectivity index (χ1) is 11.0. The maximum absolute atomic E-state index is 12.8. The van der Waals surface area contributed by atoms with Crippen LogP contribution in [0.4, 0.5) is 0 Å². The van der Waals surface area contributed by atoms with Crippen LogP contribution in [0.5, 0.6) is 17.2 Å². The van der Waals surface area contributed by atoms with Crippen molar-refractivity contribution >= 4 is 5.91 Å². The van der Waals surface area contributed by atoms with Crippen LogP contribution in [0, 0.1) is 13.8 Å². The van der Waals surface area contributed by atoms with E-state index in [1.54, 1.807) is 12.1 Å². The first-order valence-electron chi connectivity index (χ1n) is 7.38. The van der Waals surface area contributed by atoms with Gasteiger partial charge < -0.3 is 14.2 Å². The largest absolute Gasteiger partial charge is 0.493 e. The topological polar surface area (TPSA) is 62.6 Å². The quantitative estimate of drug-likeness (QED) is 0.848. The molecule has 0 saturated heterocycles. The predicted molar refractivity (Wildman–Crippen MR) is 86.9 cm³/mol. The fourth-order valence-corrected chi connectivity index (χ4v) is 2.71. The van der Waals surface area contributed by atoms with Crippen LogP contribution < -0.4 is 14.2 Å². The predicted octanol–water partition coefficient (Wildman–Crippen LogP) is 2.78. The molecule has 6 heteroatoms. The molecule has 0 spiro atoms. The fraction of sp³-hybridized carbons (Fsp3) is 0.412. The van der Waals surface area contributed by atoms with Crippen molar-refractivity contribution < 1.29 is 19.0 Å². The third kappa shape index (κ3) is 2.88. The van der Waals surface area contributed by atoms with E-state index in [9.17, 15) is 4.79 Å². The number of aromatic nitrogens is 2. The molecule has 6 nitrogen and oxygen atoms in total. The molecular weight excluding hydrogens is 296 g/mol. The third-order valence-corrected chi connectivity index (χ3v) is 3.90. The Kier molecular flexibility index (Phi) is 4.93. The number of carbonyl (C=O) groups excluding carboxylic acids is 1. The van der Waals surface area contributed by atoms with E-state index in [1.807, 2.05) is 20.8 Å².